The molecule has 1 aliphatic heterocycles. The molecule has 0 unspecified atom stereocenters. The van der Waals surface area contributed by atoms with Crippen LogP contribution in [0.5, 0.6) is 5.75 Å². The van der Waals surface area contributed by atoms with Crippen LogP contribution in [0.3, 0.4) is 0 Å². The van der Waals surface area contributed by atoms with Gasteiger partial charge in [0.1, 0.15) is 11.4 Å². The summed E-state index contributed by atoms with van der Waals surface area (Å²) in [6.07, 6.45) is 0. The Morgan fingerprint density at radius 3 is 2.45 bits per heavy atom. The number of methoxy groups -OCH3 is 1. The van der Waals surface area contributed by atoms with Gasteiger partial charge in [-0.15, -0.1) is 0 Å². The van der Waals surface area contributed by atoms with Crippen molar-refractivity contribution >= 4 is 31.9 Å². The van der Waals surface area contributed by atoms with E-state index < -0.39 is 10.0 Å². The molecule has 0 bridgehead atoms. The molecule has 4 rings (SSSR count). The smallest absolute Gasteiger partial charge is 0.271 e. The van der Waals surface area contributed by atoms with Gasteiger partial charge < -0.3 is 9.64 Å². The lowest BCUT2D eigenvalue weighted by atomic mass is 10.1. The molecule has 8 nitrogen and oxygen atoms in total. The van der Waals surface area contributed by atoms with Gasteiger partial charge in [-0.05, 0) is 42.5 Å². The third-order valence-corrected chi connectivity index (χ3v) is 7.59. The minimum atomic E-state index is -3.59. The molecule has 2 heterocycles. The normalized spacial score (nSPS) is 15.1. The zero-order chi connectivity index (χ0) is 22.0. The van der Waals surface area contributed by atoms with Gasteiger partial charge in [0.15, 0.2) is 0 Å². The van der Waals surface area contributed by atoms with Crippen LogP contribution in [0.15, 0.2) is 64.0 Å². The highest BCUT2D eigenvalue weighted by Crippen LogP contribution is 2.24. The standard InChI is InChI=1S/C21H21BrN4O4S/c1-30-17-4-2-3-15(13-17)19-14-20(24-23-19)21(27)25-9-11-26(12-10-25)31(28,29)18-7-5-16(22)6-8-18/h2-8,13-14H,9-12H2,1H3,(H,23,24). The van der Waals surface area contributed by atoms with Crippen molar-refractivity contribution in [2.75, 3.05) is 33.3 Å². The lowest BCUT2D eigenvalue weighted by molar-refractivity contribution is 0.0692. The van der Waals surface area contributed by atoms with Crippen molar-refractivity contribution in [3.05, 3.63) is 64.8 Å². The van der Waals surface area contributed by atoms with E-state index in [9.17, 15) is 13.2 Å². The fraction of sp³-hybridized carbons (Fsp3) is 0.238. The first-order valence-electron chi connectivity index (χ1n) is 9.63. The first kappa shape index (κ1) is 21.5. The van der Waals surface area contributed by atoms with Gasteiger partial charge in [0.2, 0.25) is 10.0 Å². The van der Waals surface area contributed by atoms with Crippen LogP contribution in [0.4, 0.5) is 0 Å². The number of halogens is 1. The second-order valence-electron chi connectivity index (χ2n) is 7.05. The third-order valence-electron chi connectivity index (χ3n) is 5.15. The van der Waals surface area contributed by atoms with E-state index in [1.54, 1.807) is 42.3 Å². The number of aromatic nitrogens is 2. The highest BCUT2D eigenvalue weighted by atomic mass is 79.9. The number of hydrogen-bond acceptors (Lipinski definition) is 5. The average molecular weight is 505 g/mol. The Kier molecular flexibility index (Phi) is 6.12. The number of carbonyl (C=O) groups excluding carboxylic acids is 1. The molecule has 162 valence electrons. The van der Waals surface area contributed by atoms with Crippen LogP contribution in [0, 0.1) is 0 Å². The molecule has 1 amide bonds. The molecular formula is C21H21BrN4O4S. The van der Waals surface area contributed by atoms with Gasteiger partial charge >= 0.3 is 0 Å². The van der Waals surface area contributed by atoms with Crippen LogP contribution in [-0.4, -0.2) is 67.0 Å². The zero-order valence-corrected chi connectivity index (χ0v) is 19.2. The van der Waals surface area contributed by atoms with Crippen molar-refractivity contribution in [1.82, 2.24) is 19.4 Å². The number of nitrogens with one attached hydrogen (secondary N) is 1. The quantitative estimate of drug-likeness (QED) is 0.576. The summed E-state index contributed by atoms with van der Waals surface area (Å²) in [6, 6.07) is 15.7. The van der Waals surface area contributed by atoms with E-state index in [4.69, 9.17) is 4.74 Å². The first-order chi connectivity index (χ1) is 14.9. The van der Waals surface area contributed by atoms with E-state index in [1.165, 1.54) is 4.31 Å². The Labute approximate surface area is 189 Å². The third kappa shape index (κ3) is 4.51. The van der Waals surface area contributed by atoms with Crippen LogP contribution in [0.2, 0.25) is 0 Å². The monoisotopic (exact) mass is 504 g/mol. The maximum atomic E-state index is 12.9. The summed E-state index contributed by atoms with van der Waals surface area (Å²) in [5.74, 6) is 0.499. The molecule has 1 fully saturated rings. The van der Waals surface area contributed by atoms with Crippen LogP contribution < -0.4 is 4.74 Å². The molecule has 0 spiro atoms. The number of H-pyrrole nitrogens is 1. The summed E-state index contributed by atoms with van der Waals surface area (Å²) >= 11 is 3.31. The summed E-state index contributed by atoms with van der Waals surface area (Å²) < 4.78 is 33.1. The van der Waals surface area contributed by atoms with Crippen molar-refractivity contribution in [3.8, 4) is 17.0 Å². The highest BCUT2D eigenvalue weighted by Gasteiger charge is 2.31. The fourth-order valence-corrected chi connectivity index (χ4v) is 5.11. The number of piperazine rings is 1. The van der Waals surface area contributed by atoms with Gasteiger partial charge in [-0.3, -0.25) is 9.89 Å². The summed E-state index contributed by atoms with van der Waals surface area (Å²) in [5, 5.41) is 7.03. The molecule has 1 saturated heterocycles. The van der Waals surface area contributed by atoms with Gasteiger partial charge in [-0.1, -0.05) is 28.1 Å². The Hall–Kier alpha value is -2.69. The number of carbonyl (C=O) groups is 1. The van der Waals surface area contributed by atoms with Crippen molar-refractivity contribution in [2.45, 2.75) is 4.90 Å². The van der Waals surface area contributed by atoms with Gasteiger partial charge in [-0.2, -0.15) is 9.40 Å². The van der Waals surface area contributed by atoms with Gasteiger partial charge in [0.25, 0.3) is 5.91 Å². The highest BCUT2D eigenvalue weighted by molar-refractivity contribution is 9.10. The average Bonchev–Trinajstić information content (AvgIpc) is 3.29. The van der Waals surface area contributed by atoms with E-state index in [0.717, 1.165) is 10.0 Å². The Morgan fingerprint density at radius 2 is 1.77 bits per heavy atom. The minimum absolute atomic E-state index is 0.206. The molecule has 1 aliphatic rings. The van der Waals surface area contributed by atoms with E-state index in [1.807, 2.05) is 24.3 Å². The molecule has 10 heteroatoms. The first-order valence-corrected chi connectivity index (χ1v) is 11.9. The molecular weight excluding hydrogens is 484 g/mol. The second-order valence-corrected chi connectivity index (χ2v) is 9.90. The number of nitrogens with zero attached hydrogens (tertiary/aromatic N) is 3. The van der Waals surface area contributed by atoms with Crippen molar-refractivity contribution in [2.24, 2.45) is 0 Å². The molecule has 1 N–H and O–H groups in total. The second kappa shape index (κ2) is 8.81. The van der Waals surface area contributed by atoms with Crippen LogP contribution in [0.25, 0.3) is 11.3 Å². The molecule has 0 saturated carbocycles. The van der Waals surface area contributed by atoms with Gasteiger partial charge in [0, 0.05) is 36.2 Å². The number of amides is 1. The molecule has 3 aromatic rings. The van der Waals surface area contributed by atoms with Gasteiger partial charge in [0.05, 0.1) is 17.7 Å². The molecule has 1 aromatic heterocycles. The number of sulfonamides is 1. The summed E-state index contributed by atoms with van der Waals surface area (Å²) in [4.78, 5) is 14.8. The molecule has 2 aromatic carbocycles. The maximum absolute atomic E-state index is 12.9. The maximum Gasteiger partial charge on any atom is 0.271 e. The Bertz CT molecular complexity index is 1190. The number of hydrogen-bond donors (Lipinski definition) is 1. The zero-order valence-electron chi connectivity index (χ0n) is 16.8. The predicted octanol–water partition coefficient (Wildman–Crippen LogP) is 2.99. The summed E-state index contributed by atoms with van der Waals surface area (Å²) in [7, 11) is -2.00. The Balaban J connectivity index is 1.43. The Morgan fingerprint density at radius 1 is 1.06 bits per heavy atom. The van der Waals surface area contributed by atoms with Crippen molar-refractivity contribution < 1.29 is 17.9 Å². The van der Waals surface area contributed by atoms with Crippen LogP contribution in [0.1, 0.15) is 10.5 Å². The van der Waals surface area contributed by atoms with E-state index in [-0.39, 0.29) is 23.9 Å². The molecule has 0 aliphatic carbocycles. The predicted molar refractivity (Wildman–Crippen MR) is 119 cm³/mol. The van der Waals surface area contributed by atoms with Crippen LogP contribution in [-0.2, 0) is 10.0 Å². The number of ether oxygens (including phenoxy) is 1. The molecule has 0 radical (unpaired) electrons. The molecule has 31 heavy (non-hydrogen) atoms. The lowest BCUT2D eigenvalue weighted by Crippen LogP contribution is -2.50. The van der Waals surface area contributed by atoms with E-state index in [0.29, 0.717) is 30.2 Å². The number of aromatic amines is 1. The van der Waals surface area contributed by atoms with Crippen molar-refractivity contribution in [1.29, 1.82) is 0 Å². The summed E-state index contributed by atoms with van der Waals surface area (Å²) in [5.41, 5.74) is 1.83. The van der Waals surface area contributed by atoms with Crippen LogP contribution >= 0.6 is 15.9 Å². The fourth-order valence-electron chi connectivity index (χ4n) is 3.42. The lowest BCUT2D eigenvalue weighted by Gasteiger charge is -2.33. The summed E-state index contributed by atoms with van der Waals surface area (Å²) in [6.45, 7) is 1.09. The topological polar surface area (TPSA) is 95.6 Å². The number of rotatable bonds is 5. The minimum Gasteiger partial charge on any atom is -0.497 e. The number of benzene rings is 2. The van der Waals surface area contributed by atoms with Crippen molar-refractivity contribution in [3.63, 3.8) is 0 Å². The largest absolute Gasteiger partial charge is 0.497 e. The van der Waals surface area contributed by atoms with E-state index in [2.05, 4.69) is 26.1 Å². The van der Waals surface area contributed by atoms with E-state index >= 15 is 0 Å². The SMILES string of the molecule is COc1cccc(-c2cc(C(=O)N3CCN(S(=O)(=O)c4ccc(Br)cc4)CC3)[nH]n2)c1. The molecule has 0 atom stereocenters. The van der Waals surface area contributed by atoms with Gasteiger partial charge in [-0.25, -0.2) is 8.42 Å².